The van der Waals surface area contributed by atoms with Gasteiger partial charge in [0.15, 0.2) is 6.10 Å². The zero-order valence-electron chi connectivity index (χ0n) is 15.7. The van der Waals surface area contributed by atoms with Crippen molar-refractivity contribution in [2.45, 2.75) is 62.8 Å². The summed E-state index contributed by atoms with van der Waals surface area (Å²) in [6, 6.07) is 7.95. The third kappa shape index (κ3) is 2.79. The number of rotatable bonds is 3. The van der Waals surface area contributed by atoms with E-state index in [0.717, 1.165) is 37.8 Å². The Labute approximate surface area is 165 Å². The van der Waals surface area contributed by atoms with Crippen LogP contribution in [0.4, 0.5) is 5.69 Å². The number of carbonyl (C=O) groups excluding carboxylic acids is 2. The van der Waals surface area contributed by atoms with Crippen LogP contribution in [0.15, 0.2) is 24.3 Å². The highest BCUT2D eigenvalue weighted by molar-refractivity contribution is 6.24. The highest BCUT2D eigenvalue weighted by Gasteiger charge is 2.61. The molecule has 4 saturated carbocycles. The summed E-state index contributed by atoms with van der Waals surface area (Å²) in [6.45, 7) is 2.36. The van der Waals surface area contributed by atoms with Crippen molar-refractivity contribution in [2.24, 2.45) is 17.3 Å². The molecule has 0 saturated heterocycles. The molecule has 0 radical (unpaired) electrons. The number of esters is 1. The Bertz CT molecular complexity index is 793. The van der Waals surface area contributed by atoms with Crippen molar-refractivity contribution in [3.05, 3.63) is 29.8 Å². The molecule has 4 bridgehead atoms. The molecule has 6 rings (SSSR count). The first-order valence-corrected chi connectivity index (χ1v) is 10.5. The molecule has 5 aliphatic rings. The number of fused-ring (bicyclic) bond motifs is 1. The lowest BCUT2D eigenvalue weighted by molar-refractivity contribution is -0.176. The minimum Gasteiger partial charge on any atom is -0.452 e. The molecule has 4 nitrogen and oxygen atoms in total. The van der Waals surface area contributed by atoms with Gasteiger partial charge in [-0.3, -0.25) is 9.59 Å². The Morgan fingerprint density at radius 2 is 1.89 bits per heavy atom. The maximum Gasteiger partial charge on any atom is 0.312 e. The molecule has 4 fully saturated rings. The van der Waals surface area contributed by atoms with E-state index in [4.69, 9.17) is 16.3 Å². The molecule has 1 aliphatic heterocycles. The summed E-state index contributed by atoms with van der Waals surface area (Å²) in [7, 11) is 0. The van der Waals surface area contributed by atoms with Crippen molar-refractivity contribution in [3.8, 4) is 0 Å². The van der Waals surface area contributed by atoms with E-state index in [1.54, 1.807) is 11.8 Å². The molecule has 1 aromatic rings. The minimum absolute atomic E-state index is 0.126. The number of hydrogen-bond acceptors (Lipinski definition) is 3. The zero-order valence-corrected chi connectivity index (χ0v) is 16.5. The molecule has 3 atom stereocenters. The number of anilines is 1. The van der Waals surface area contributed by atoms with Gasteiger partial charge in [-0.25, -0.2) is 0 Å². The average Bonchev–Trinajstić information content (AvgIpc) is 3.03. The molecule has 5 heteroatoms. The number of ether oxygens (including phenoxy) is 1. The number of hydrogen-bond donors (Lipinski definition) is 0. The maximum atomic E-state index is 13.2. The summed E-state index contributed by atoms with van der Waals surface area (Å²) in [5, 5.41) is 0. The smallest absolute Gasteiger partial charge is 0.312 e. The molecular formula is C22H26ClNO3. The second kappa shape index (κ2) is 5.97. The van der Waals surface area contributed by atoms with Gasteiger partial charge in [-0.2, -0.15) is 0 Å². The van der Waals surface area contributed by atoms with Crippen molar-refractivity contribution in [3.63, 3.8) is 0 Å². The van der Waals surface area contributed by atoms with Crippen LogP contribution >= 0.6 is 11.6 Å². The van der Waals surface area contributed by atoms with Crippen molar-refractivity contribution >= 4 is 29.2 Å². The fourth-order valence-corrected chi connectivity index (χ4v) is 7.20. The number of halogens is 1. The van der Waals surface area contributed by atoms with Gasteiger partial charge in [0, 0.05) is 17.1 Å². The second-order valence-electron chi connectivity index (χ2n) is 9.31. The largest absolute Gasteiger partial charge is 0.452 e. The Kier molecular flexibility index (Phi) is 3.88. The standard InChI is InChI=1S/C22H26ClNO3/c1-14(19(25)24-7-6-17-4-2-3-5-18(17)24)27-20(26)21-9-15-8-16(10-21)12-22(23,11-15)13-21/h2-5,14-16H,6-13H2,1H3. The van der Waals surface area contributed by atoms with Crippen LogP contribution < -0.4 is 4.90 Å². The molecule has 3 unspecified atom stereocenters. The Hall–Kier alpha value is -1.55. The van der Waals surface area contributed by atoms with Gasteiger partial charge in [-0.15, -0.1) is 11.6 Å². The summed E-state index contributed by atoms with van der Waals surface area (Å²) in [4.78, 5) is 27.6. The normalized spacial score (nSPS) is 37.2. The van der Waals surface area contributed by atoms with Crippen LogP contribution in [0.25, 0.3) is 0 Å². The number of alkyl halides is 1. The first-order chi connectivity index (χ1) is 12.9. The van der Waals surface area contributed by atoms with Gasteiger partial charge < -0.3 is 9.64 Å². The van der Waals surface area contributed by atoms with E-state index in [-0.39, 0.29) is 16.8 Å². The molecule has 1 aromatic carbocycles. The Morgan fingerprint density at radius 3 is 2.59 bits per heavy atom. The lowest BCUT2D eigenvalue weighted by Gasteiger charge is -2.58. The topological polar surface area (TPSA) is 46.6 Å². The van der Waals surface area contributed by atoms with Crippen molar-refractivity contribution in [1.29, 1.82) is 0 Å². The SMILES string of the molecule is CC(OC(=O)C12CC3CC(CC(Cl)(C3)C1)C2)C(=O)N1CCc2ccccc21. The third-order valence-corrected chi connectivity index (χ3v) is 7.65. The van der Waals surface area contributed by atoms with Crippen LogP contribution in [0.3, 0.4) is 0 Å². The van der Waals surface area contributed by atoms with Crippen LogP contribution in [0.5, 0.6) is 0 Å². The van der Waals surface area contributed by atoms with Crippen LogP contribution in [-0.2, 0) is 20.7 Å². The fraction of sp³-hybridized carbons (Fsp3) is 0.636. The summed E-state index contributed by atoms with van der Waals surface area (Å²) < 4.78 is 5.78. The molecular weight excluding hydrogens is 362 g/mol. The van der Waals surface area contributed by atoms with E-state index in [0.29, 0.717) is 24.8 Å². The van der Waals surface area contributed by atoms with Gasteiger partial charge in [-0.05, 0) is 75.3 Å². The predicted octanol–water partition coefficient (Wildman–Crippen LogP) is 4.09. The van der Waals surface area contributed by atoms with Gasteiger partial charge in [0.05, 0.1) is 5.41 Å². The van der Waals surface area contributed by atoms with Crippen molar-refractivity contribution in [2.75, 3.05) is 11.4 Å². The highest BCUT2D eigenvalue weighted by atomic mass is 35.5. The van der Waals surface area contributed by atoms with Gasteiger partial charge >= 0.3 is 5.97 Å². The van der Waals surface area contributed by atoms with E-state index >= 15 is 0 Å². The molecule has 0 N–H and O–H groups in total. The third-order valence-electron chi connectivity index (χ3n) is 7.21. The summed E-state index contributed by atoms with van der Waals surface area (Å²) in [5.41, 5.74) is 1.65. The van der Waals surface area contributed by atoms with Crippen molar-refractivity contribution < 1.29 is 14.3 Å². The molecule has 0 spiro atoms. The Morgan fingerprint density at radius 1 is 1.19 bits per heavy atom. The van der Waals surface area contributed by atoms with E-state index in [9.17, 15) is 9.59 Å². The van der Waals surface area contributed by atoms with E-state index in [1.807, 2.05) is 18.2 Å². The van der Waals surface area contributed by atoms with Gasteiger partial charge in [0.2, 0.25) is 0 Å². The zero-order chi connectivity index (χ0) is 18.8. The molecule has 144 valence electrons. The lowest BCUT2D eigenvalue weighted by Crippen LogP contribution is -2.57. The lowest BCUT2D eigenvalue weighted by atomic mass is 9.49. The molecule has 27 heavy (non-hydrogen) atoms. The van der Waals surface area contributed by atoms with Crippen LogP contribution in [-0.4, -0.2) is 29.4 Å². The van der Waals surface area contributed by atoms with Crippen LogP contribution in [0.2, 0.25) is 0 Å². The quantitative estimate of drug-likeness (QED) is 0.579. The number of benzene rings is 1. The van der Waals surface area contributed by atoms with E-state index in [2.05, 4.69) is 6.07 Å². The minimum atomic E-state index is -0.761. The second-order valence-corrected chi connectivity index (χ2v) is 10.1. The van der Waals surface area contributed by atoms with Crippen LogP contribution in [0.1, 0.15) is 51.0 Å². The molecule has 1 amide bonds. The van der Waals surface area contributed by atoms with Gasteiger partial charge in [-0.1, -0.05) is 18.2 Å². The van der Waals surface area contributed by atoms with Crippen molar-refractivity contribution in [1.82, 2.24) is 0 Å². The van der Waals surface area contributed by atoms with E-state index in [1.165, 1.54) is 12.0 Å². The molecule has 4 aliphatic carbocycles. The van der Waals surface area contributed by atoms with E-state index < -0.39 is 11.5 Å². The first kappa shape index (κ1) is 17.5. The average molecular weight is 388 g/mol. The summed E-state index contributed by atoms with van der Waals surface area (Å²) >= 11 is 6.84. The molecule has 0 aromatic heterocycles. The fourth-order valence-electron chi connectivity index (χ4n) is 6.51. The number of para-hydroxylation sites is 1. The predicted molar refractivity (Wildman–Crippen MR) is 104 cm³/mol. The van der Waals surface area contributed by atoms with Crippen LogP contribution in [0, 0.1) is 17.3 Å². The number of nitrogens with zero attached hydrogens (tertiary/aromatic N) is 1. The first-order valence-electron chi connectivity index (χ1n) is 10.2. The number of carbonyl (C=O) groups is 2. The molecule has 1 heterocycles. The summed E-state index contributed by atoms with van der Waals surface area (Å²) in [6.07, 6.45) is 5.81. The monoisotopic (exact) mass is 387 g/mol. The Balaban J connectivity index is 1.31. The van der Waals surface area contributed by atoms with Gasteiger partial charge in [0.1, 0.15) is 0 Å². The highest BCUT2D eigenvalue weighted by Crippen LogP contribution is 2.64. The maximum absolute atomic E-state index is 13.2. The van der Waals surface area contributed by atoms with Gasteiger partial charge in [0.25, 0.3) is 5.91 Å². The number of amides is 1. The summed E-state index contributed by atoms with van der Waals surface area (Å²) in [5.74, 6) is 0.745.